The molecular formula is C14H13BrN2O3. The molecule has 0 unspecified atom stereocenters. The van der Waals surface area contributed by atoms with E-state index in [4.69, 9.17) is 5.73 Å². The Labute approximate surface area is 124 Å². The van der Waals surface area contributed by atoms with Crippen LogP contribution in [0.5, 0.6) is 0 Å². The summed E-state index contributed by atoms with van der Waals surface area (Å²) in [5.41, 5.74) is 7.07. The minimum atomic E-state index is -0.369. The number of carbonyl (C=O) groups is 1. The molecule has 2 rings (SSSR count). The van der Waals surface area contributed by atoms with Crippen LogP contribution in [0.3, 0.4) is 0 Å². The van der Waals surface area contributed by atoms with Crippen LogP contribution in [0.25, 0.3) is 0 Å². The van der Waals surface area contributed by atoms with E-state index in [0.717, 1.165) is 5.56 Å². The number of pyridine rings is 1. The van der Waals surface area contributed by atoms with Crippen molar-refractivity contribution in [3.63, 3.8) is 0 Å². The van der Waals surface area contributed by atoms with Crippen molar-refractivity contribution in [3.8, 4) is 0 Å². The van der Waals surface area contributed by atoms with Gasteiger partial charge in [0, 0.05) is 18.9 Å². The maximum atomic E-state index is 11.5. The van der Waals surface area contributed by atoms with Crippen molar-refractivity contribution < 1.29 is 9.53 Å². The number of benzene rings is 1. The van der Waals surface area contributed by atoms with Gasteiger partial charge in [0.1, 0.15) is 0 Å². The Morgan fingerprint density at radius 2 is 1.95 bits per heavy atom. The molecule has 2 aromatic rings. The van der Waals surface area contributed by atoms with Gasteiger partial charge in [0.2, 0.25) is 5.43 Å². The third-order valence-electron chi connectivity index (χ3n) is 2.80. The van der Waals surface area contributed by atoms with Crippen molar-refractivity contribution in [2.45, 2.75) is 6.54 Å². The molecule has 0 fully saturated rings. The van der Waals surface area contributed by atoms with E-state index < -0.39 is 0 Å². The van der Waals surface area contributed by atoms with Crippen molar-refractivity contribution >= 4 is 27.6 Å². The van der Waals surface area contributed by atoms with Gasteiger partial charge in [-0.15, -0.1) is 0 Å². The van der Waals surface area contributed by atoms with E-state index in [2.05, 4.69) is 20.7 Å². The molecule has 6 heteroatoms. The van der Waals surface area contributed by atoms with Crippen LogP contribution in [-0.2, 0) is 11.3 Å². The molecule has 0 spiro atoms. The Kier molecular flexibility index (Phi) is 4.24. The van der Waals surface area contributed by atoms with E-state index in [-0.39, 0.29) is 17.1 Å². The molecule has 0 atom stereocenters. The number of aromatic nitrogens is 1. The van der Waals surface area contributed by atoms with Gasteiger partial charge in [0.05, 0.1) is 22.8 Å². The summed E-state index contributed by atoms with van der Waals surface area (Å²) in [6, 6.07) is 7.05. The molecule has 0 saturated heterocycles. The second-order valence-corrected chi connectivity index (χ2v) is 5.11. The summed E-state index contributed by atoms with van der Waals surface area (Å²) in [6.45, 7) is 0.546. The molecule has 1 heterocycles. The highest BCUT2D eigenvalue weighted by Crippen LogP contribution is 2.11. The van der Waals surface area contributed by atoms with E-state index in [1.165, 1.54) is 7.11 Å². The fraction of sp³-hybridized carbons (Fsp3) is 0.143. The minimum Gasteiger partial charge on any atom is -0.465 e. The number of hydrogen-bond donors (Lipinski definition) is 1. The van der Waals surface area contributed by atoms with Crippen molar-refractivity contribution in [1.29, 1.82) is 0 Å². The molecule has 0 radical (unpaired) electrons. The highest BCUT2D eigenvalue weighted by Gasteiger charge is 2.06. The molecule has 5 nitrogen and oxygen atoms in total. The molecule has 104 valence electrons. The maximum absolute atomic E-state index is 11.5. The van der Waals surface area contributed by atoms with E-state index in [0.29, 0.717) is 16.6 Å². The number of rotatable bonds is 3. The van der Waals surface area contributed by atoms with Crippen LogP contribution in [0.4, 0.5) is 5.69 Å². The number of methoxy groups -OCH3 is 1. The predicted octanol–water partition coefficient (Wildman–Crippen LogP) is 2.03. The lowest BCUT2D eigenvalue weighted by Crippen LogP contribution is -2.13. The molecule has 2 N–H and O–H groups in total. The molecular weight excluding hydrogens is 324 g/mol. The number of esters is 1. The lowest BCUT2D eigenvalue weighted by Gasteiger charge is -2.09. The number of anilines is 1. The molecule has 1 aromatic heterocycles. The average molecular weight is 337 g/mol. The first kappa shape index (κ1) is 14.3. The molecule has 0 bridgehead atoms. The van der Waals surface area contributed by atoms with Crippen LogP contribution in [0.1, 0.15) is 15.9 Å². The third-order valence-corrected chi connectivity index (χ3v) is 3.37. The van der Waals surface area contributed by atoms with Gasteiger partial charge < -0.3 is 15.0 Å². The second-order valence-electron chi connectivity index (χ2n) is 4.25. The summed E-state index contributed by atoms with van der Waals surface area (Å²) < 4.78 is 6.86. The fourth-order valence-electron chi connectivity index (χ4n) is 1.78. The van der Waals surface area contributed by atoms with Gasteiger partial charge in [-0.25, -0.2) is 4.79 Å². The van der Waals surface area contributed by atoms with Gasteiger partial charge >= 0.3 is 5.97 Å². The summed E-state index contributed by atoms with van der Waals surface area (Å²) in [6.07, 6.45) is 3.26. The van der Waals surface area contributed by atoms with Crippen molar-refractivity contribution in [1.82, 2.24) is 4.57 Å². The monoisotopic (exact) mass is 336 g/mol. The van der Waals surface area contributed by atoms with Gasteiger partial charge in [-0.2, -0.15) is 0 Å². The number of nitrogen functional groups attached to an aromatic ring is 1. The molecule has 0 aliphatic carbocycles. The Hall–Kier alpha value is -2.08. The second kappa shape index (κ2) is 5.92. The summed E-state index contributed by atoms with van der Waals surface area (Å²) in [5, 5.41) is 0. The highest BCUT2D eigenvalue weighted by atomic mass is 79.9. The Balaban J connectivity index is 2.22. The summed E-state index contributed by atoms with van der Waals surface area (Å²) >= 11 is 3.18. The molecule has 20 heavy (non-hydrogen) atoms. The smallest absolute Gasteiger partial charge is 0.337 e. The summed E-state index contributed by atoms with van der Waals surface area (Å²) in [5.74, 6) is -0.369. The third kappa shape index (κ3) is 3.08. The van der Waals surface area contributed by atoms with Crippen LogP contribution in [-0.4, -0.2) is 17.6 Å². The van der Waals surface area contributed by atoms with Crippen LogP contribution in [0.15, 0.2) is 45.9 Å². The number of halogens is 1. The largest absolute Gasteiger partial charge is 0.465 e. The van der Waals surface area contributed by atoms with Gasteiger partial charge in [0.15, 0.2) is 0 Å². The Morgan fingerprint density at radius 3 is 2.50 bits per heavy atom. The zero-order valence-corrected chi connectivity index (χ0v) is 12.4. The first-order valence-corrected chi connectivity index (χ1v) is 6.63. The zero-order valence-electron chi connectivity index (χ0n) is 10.8. The maximum Gasteiger partial charge on any atom is 0.337 e. The standard InChI is InChI=1S/C14H13BrN2O3/c1-20-14(19)10-4-2-9(3-5-10)6-17-7-11(15)13(18)12(16)8-17/h2-5,7-8H,6,16H2,1H3. The molecule has 0 amide bonds. The van der Waals surface area contributed by atoms with E-state index >= 15 is 0 Å². The van der Waals surface area contributed by atoms with Gasteiger partial charge in [0.25, 0.3) is 0 Å². The van der Waals surface area contributed by atoms with Crippen molar-refractivity contribution in [3.05, 3.63) is 62.5 Å². The van der Waals surface area contributed by atoms with Crippen LogP contribution in [0.2, 0.25) is 0 Å². The first-order chi connectivity index (χ1) is 9.51. The number of carbonyl (C=O) groups excluding carboxylic acids is 1. The van der Waals surface area contributed by atoms with Crippen molar-refractivity contribution in [2.75, 3.05) is 12.8 Å². The quantitative estimate of drug-likeness (QED) is 0.870. The lowest BCUT2D eigenvalue weighted by atomic mass is 10.1. The summed E-state index contributed by atoms with van der Waals surface area (Å²) in [7, 11) is 1.34. The average Bonchev–Trinajstić information content (AvgIpc) is 2.44. The SMILES string of the molecule is COC(=O)c1ccc(Cn2cc(N)c(=O)c(Br)c2)cc1. The number of hydrogen-bond acceptors (Lipinski definition) is 4. The molecule has 0 aliphatic heterocycles. The van der Waals surface area contributed by atoms with Gasteiger partial charge in [-0.3, -0.25) is 4.79 Å². The molecule has 0 aliphatic rings. The highest BCUT2D eigenvalue weighted by molar-refractivity contribution is 9.10. The Bertz CT molecular complexity index is 666. The topological polar surface area (TPSA) is 74.3 Å². The van der Waals surface area contributed by atoms with E-state index in [9.17, 15) is 9.59 Å². The molecule has 1 aromatic carbocycles. The summed E-state index contributed by atoms with van der Waals surface area (Å²) in [4.78, 5) is 22.8. The van der Waals surface area contributed by atoms with E-state index in [1.54, 1.807) is 29.1 Å². The normalized spacial score (nSPS) is 10.3. The Morgan fingerprint density at radius 1 is 1.30 bits per heavy atom. The minimum absolute atomic E-state index is 0.186. The number of ether oxygens (including phenoxy) is 1. The molecule has 0 saturated carbocycles. The fourth-order valence-corrected chi connectivity index (χ4v) is 2.27. The number of nitrogens with two attached hydrogens (primary N) is 1. The van der Waals surface area contributed by atoms with Crippen molar-refractivity contribution in [2.24, 2.45) is 0 Å². The zero-order chi connectivity index (χ0) is 14.7. The lowest BCUT2D eigenvalue weighted by molar-refractivity contribution is 0.0600. The predicted molar refractivity (Wildman–Crippen MR) is 79.7 cm³/mol. The van der Waals surface area contributed by atoms with Crippen LogP contribution in [0, 0.1) is 0 Å². The van der Waals surface area contributed by atoms with E-state index in [1.807, 2.05) is 12.1 Å². The van der Waals surface area contributed by atoms with Crippen LogP contribution < -0.4 is 11.2 Å². The van der Waals surface area contributed by atoms with Gasteiger partial charge in [-0.05, 0) is 33.6 Å². The van der Waals surface area contributed by atoms with Crippen LogP contribution >= 0.6 is 15.9 Å². The first-order valence-electron chi connectivity index (χ1n) is 5.83. The number of nitrogens with zero attached hydrogens (tertiary/aromatic N) is 1. The van der Waals surface area contributed by atoms with Gasteiger partial charge in [-0.1, -0.05) is 12.1 Å².